The van der Waals surface area contributed by atoms with Crippen LogP contribution in [-0.4, -0.2) is 41.6 Å². The van der Waals surface area contributed by atoms with Crippen LogP contribution < -0.4 is 10.2 Å². The highest BCUT2D eigenvalue weighted by atomic mass is 19.1. The minimum atomic E-state index is -0.323. The summed E-state index contributed by atoms with van der Waals surface area (Å²) in [7, 11) is 0. The van der Waals surface area contributed by atoms with Gasteiger partial charge < -0.3 is 15.1 Å². The molecular weight excluding hydrogens is 367 g/mol. The number of benzene rings is 1. The van der Waals surface area contributed by atoms with Crippen LogP contribution in [0.5, 0.6) is 0 Å². The van der Waals surface area contributed by atoms with Crippen molar-refractivity contribution in [1.82, 2.24) is 9.88 Å². The van der Waals surface area contributed by atoms with Crippen molar-refractivity contribution in [2.24, 2.45) is 0 Å². The number of hydrogen-bond acceptors (Lipinski definition) is 3. The topological polar surface area (TPSA) is 48.5 Å². The zero-order valence-electron chi connectivity index (χ0n) is 17.0. The number of anilines is 2. The van der Waals surface area contributed by atoms with E-state index in [0.717, 1.165) is 5.69 Å². The van der Waals surface area contributed by atoms with Crippen molar-refractivity contribution in [1.29, 1.82) is 0 Å². The molecule has 1 aliphatic carbocycles. The molecule has 154 valence electrons. The molecule has 1 aliphatic heterocycles. The molecule has 1 atom stereocenters. The Morgan fingerprint density at radius 1 is 1.10 bits per heavy atom. The van der Waals surface area contributed by atoms with Crippen LogP contribution >= 0.6 is 0 Å². The minimum absolute atomic E-state index is 0.0355. The smallest absolute Gasteiger partial charge is 0.322 e. The Morgan fingerprint density at radius 2 is 1.86 bits per heavy atom. The zero-order chi connectivity index (χ0) is 20.2. The van der Waals surface area contributed by atoms with Crippen molar-refractivity contribution < 1.29 is 9.18 Å². The molecule has 2 aromatic rings. The molecule has 2 aliphatic rings. The fourth-order valence-corrected chi connectivity index (χ4v) is 4.53. The number of carbonyl (C=O) groups excluding carboxylic acids is 1. The number of nitrogens with zero attached hydrogens (tertiary/aromatic N) is 3. The van der Waals surface area contributed by atoms with Gasteiger partial charge in [-0.05, 0) is 55.5 Å². The Labute approximate surface area is 171 Å². The maximum Gasteiger partial charge on any atom is 0.322 e. The summed E-state index contributed by atoms with van der Waals surface area (Å²) < 4.78 is 14.0. The molecule has 1 saturated carbocycles. The third kappa shape index (κ3) is 4.52. The number of rotatable bonds is 3. The van der Waals surface area contributed by atoms with Crippen LogP contribution in [0.4, 0.5) is 20.7 Å². The standard InChI is InChI=1S/C23H29FN4O/c1-17-16-27(22-21(24)8-5-13-25-22)14-15-28(17)23(29)26-20-11-9-19(10-12-20)18-6-3-2-4-7-18/h5,8-13,17-18H,2-4,6-7,14-16H2,1H3,(H,26,29). The number of halogens is 1. The van der Waals surface area contributed by atoms with Gasteiger partial charge in [0.05, 0.1) is 0 Å². The maximum absolute atomic E-state index is 14.0. The van der Waals surface area contributed by atoms with E-state index < -0.39 is 0 Å². The summed E-state index contributed by atoms with van der Waals surface area (Å²) >= 11 is 0. The Balaban J connectivity index is 1.35. The van der Waals surface area contributed by atoms with Gasteiger partial charge in [0.15, 0.2) is 11.6 Å². The van der Waals surface area contributed by atoms with Crippen molar-refractivity contribution in [3.8, 4) is 0 Å². The van der Waals surface area contributed by atoms with Gasteiger partial charge in [-0.15, -0.1) is 0 Å². The van der Waals surface area contributed by atoms with Crippen molar-refractivity contribution in [2.45, 2.75) is 51.0 Å². The molecule has 2 amide bonds. The monoisotopic (exact) mass is 396 g/mol. The average molecular weight is 397 g/mol. The third-order valence-electron chi connectivity index (χ3n) is 6.17. The summed E-state index contributed by atoms with van der Waals surface area (Å²) in [6.45, 7) is 3.64. The van der Waals surface area contributed by atoms with E-state index in [1.807, 2.05) is 28.9 Å². The molecule has 2 fully saturated rings. The molecule has 29 heavy (non-hydrogen) atoms. The number of urea groups is 1. The summed E-state index contributed by atoms with van der Waals surface area (Å²) in [6.07, 6.45) is 8.11. The van der Waals surface area contributed by atoms with Gasteiger partial charge in [-0.1, -0.05) is 31.4 Å². The van der Waals surface area contributed by atoms with Gasteiger partial charge in [-0.3, -0.25) is 0 Å². The van der Waals surface area contributed by atoms with Crippen molar-refractivity contribution >= 4 is 17.5 Å². The lowest BCUT2D eigenvalue weighted by molar-refractivity contribution is 0.184. The Morgan fingerprint density at radius 3 is 2.55 bits per heavy atom. The second kappa shape index (κ2) is 8.80. The lowest BCUT2D eigenvalue weighted by atomic mass is 9.84. The summed E-state index contributed by atoms with van der Waals surface area (Å²) in [5, 5.41) is 3.02. The molecule has 4 rings (SSSR count). The molecular formula is C23H29FN4O. The molecule has 0 radical (unpaired) electrons. The SMILES string of the molecule is CC1CN(c2ncccc2F)CCN1C(=O)Nc1ccc(C2CCCCC2)cc1. The highest BCUT2D eigenvalue weighted by Gasteiger charge is 2.29. The van der Waals surface area contributed by atoms with Crippen LogP contribution in [0.1, 0.15) is 50.5 Å². The molecule has 0 bridgehead atoms. The van der Waals surface area contributed by atoms with Crippen LogP contribution in [0.3, 0.4) is 0 Å². The van der Waals surface area contributed by atoms with Gasteiger partial charge in [-0.25, -0.2) is 14.2 Å². The lowest BCUT2D eigenvalue weighted by Crippen LogP contribution is -2.55. The summed E-state index contributed by atoms with van der Waals surface area (Å²) in [6, 6.07) is 11.2. The second-order valence-electron chi connectivity index (χ2n) is 8.18. The molecule has 1 aromatic heterocycles. The molecule has 6 heteroatoms. The molecule has 5 nitrogen and oxygen atoms in total. The van der Waals surface area contributed by atoms with E-state index in [1.54, 1.807) is 12.3 Å². The first-order valence-corrected chi connectivity index (χ1v) is 10.6. The van der Waals surface area contributed by atoms with E-state index in [9.17, 15) is 9.18 Å². The van der Waals surface area contributed by atoms with Crippen LogP contribution in [-0.2, 0) is 0 Å². The maximum atomic E-state index is 14.0. The fourth-order valence-electron chi connectivity index (χ4n) is 4.53. The molecule has 1 aromatic carbocycles. The van der Waals surface area contributed by atoms with E-state index in [2.05, 4.69) is 22.4 Å². The molecule has 1 unspecified atom stereocenters. The number of carbonyl (C=O) groups is 1. The van der Waals surface area contributed by atoms with Gasteiger partial charge in [0.25, 0.3) is 0 Å². The third-order valence-corrected chi connectivity index (χ3v) is 6.17. The summed E-state index contributed by atoms with van der Waals surface area (Å²) in [4.78, 5) is 20.7. The van der Waals surface area contributed by atoms with Gasteiger partial charge in [0, 0.05) is 37.6 Å². The summed E-state index contributed by atoms with van der Waals surface area (Å²) in [5.41, 5.74) is 2.20. The number of aromatic nitrogens is 1. The second-order valence-corrected chi connectivity index (χ2v) is 8.18. The predicted octanol–water partition coefficient (Wildman–Crippen LogP) is 5.01. The van der Waals surface area contributed by atoms with E-state index in [4.69, 9.17) is 0 Å². The van der Waals surface area contributed by atoms with Crippen LogP contribution in [0.25, 0.3) is 0 Å². The van der Waals surface area contributed by atoms with Gasteiger partial charge in [0.1, 0.15) is 0 Å². The van der Waals surface area contributed by atoms with E-state index >= 15 is 0 Å². The minimum Gasteiger partial charge on any atom is -0.350 e. The van der Waals surface area contributed by atoms with E-state index in [-0.39, 0.29) is 17.9 Å². The number of nitrogens with one attached hydrogen (secondary N) is 1. The number of pyridine rings is 1. The fraction of sp³-hybridized carbons (Fsp3) is 0.478. The zero-order valence-corrected chi connectivity index (χ0v) is 17.0. The first kappa shape index (κ1) is 19.7. The molecule has 1 saturated heterocycles. The number of hydrogen-bond donors (Lipinski definition) is 1. The summed E-state index contributed by atoms with van der Waals surface area (Å²) in [5.74, 6) is 0.696. The van der Waals surface area contributed by atoms with Gasteiger partial charge in [-0.2, -0.15) is 0 Å². The Hall–Kier alpha value is -2.63. The first-order chi connectivity index (χ1) is 14.1. The van der Waals surface area contributed by atoms with Crippen LogP contribution in [0.2, 0.25) is 0 Å². The highest BCUT2D eigenvalue weighted by molar-refractivity contribution is 5.89. The molecule has 1 N–H and O–H groups in total. The normalized spacial score (nSPS) is 20.6. The Bertz CT molecular complexity index is 835. The quantitative estimate of drug-likeness (QED) is 0.793. The Kier molecular flexibility index (Phi) is 5.97. The van der Waals surface area contributed by atoms with Crippen molar-refractivity contribution in [3.05, 3.63) is 54.0 Å². The van der Waals surface area contributed by atoms with Gasteiger partial charge in [0.2, 0.25) is 0 Å². The van der Waals surface area contributed by atoms with Crippen LogP contribution in [0, 0.1) is 5.82 Å². The van der Waals surface area contributed by atoms with Crippen molar-refractivity contribution in [2.75, 3.05) is 29.9 Å². The van der Waals surface area contributed by atoms with Gasteiger partial charge >= 0.3 is 6.03 Å². The number of piperazine rings is 1. The largest absolute Gasteiger partial charge is 0.350 e. The predicted molar refractivity (Wildman–Crippen MR) is 114 cm³/mol. The molecule has 2 heterocycles. The average Bonchev–Trinajstić information content (AvgIpc) is 2.75. The molecule has 0 spiro atoms. The van der Waals surface area contributed by atoms with Crippen LogP contribution in [0.15, 0.2) is 42.6 Å². The number of amides is 2. The van der Waals surface area contributed by atoms with Crippen molar-refractivity contribution in [3.63, 3.8) is 0 Å². The lowest BCUT2D eigenvalue weighted by Gasteiger charge is -2.40. The highest BCUT2D eigenvalue weighted by Crippen LogP contribution is 2.33. The van der Waals surface area contributed by atoms with E-state index in [1.165, 1.54) is 43.7 Å². The van der Waals surface area contributed by atoms with E-state index in [0.29, 0.717) is 31.4 Å². The first-order valence-electron chi connectivity index (χ1n) is 10.6.